The molecule has 0 aliphatic carbocycles. The molecule has 1 aromatic heterocycles. The summed E-state index contributed by atoms with van der Waals surface area (Å²) in [5.74, 6) is -1.02. The number of rotatable bonds is 7. The summed E-state index contributed by atoms with van der Waals surface area (Å²) in [5, 5.41) is 10.1. The molecule has 0 amide bonds. The Morgan fingerprint density at radius 3 is 2.37 bits per heavy atom. The van der Waals surface area contributed by atoms with E-state index in [4.69, 9.17) is 9.47 Å². The van der Waals surface area contributed by atoms with Crippen LogP contribution >= 0.6 is 15.9 Å². The zero-order chi connectivity index (χ0) is 24.8. The molecule has 3 aromatic carbocycles. The molecule has 174 valence electrons. The second-order valence-electron chi connectivity index (χ2n) is 7.49. The Bertz CT molecular complexity index is 1390. The first-order chi connectivity index (χ1) is 17.0. The number of esters is 1. The van der Waals surface area contributed by atoms with E-state index in [0.29, 0.717) is 22.4 Å². The second-order valence-corrected chi connectivity index (χ2v) is 8.35. The molecule has 1 atom stereocenters. The van der Waals surface area contributed by atoms with Crippen molar-refractivity contribution in [2.75, 3.05) is 6.61 Å². The average Bonchev–Trinajstić information content (AvgIpc) is 2.88. The van der Waals surface area contributed by atoms with Gasteiger partial charge in [-0.3, -0.25) is 0 Å². The molecule has 0 fully saturated rings. The molecule has 35 heavy (non-hydrogen) atoms. The number of carbonyl (C=O) groups excluding carboxylic acids is 1. The van der Waals surface area contributed by atoms with Crippen molar-refractivity contribution in [2.45, 2.75) is 13.0 Å². The molecule has 0 radical (unpaired) electrons. The molecule has 0 N–H and O–H groups in total. The normalized spacial score (nSPS) is 11.4. The van der Waals surface area contributed by atoms with Gasteiger partial charge in [0.05, 0.1) is 12.3 Å². The van der Waals surface area contributed by atoms with Gasteiger partial charge in [0, 0.05) is 21.2 Å². The summed E-state index contributed by atoms with van der Waals surface area (Å²) in [6.07, 6.45) is -1.13. The van der Waals surface area contributed by atoms with Gasteiger partial charge in [-0.05, 0) is 36.8 Å². The zero-order valence-corrected chi connectivity index (χ0v) is 20.3. The lowest BCUT2D eigenvalue weighted by atomic mass is 9.98. The molecule has 0 bridgehead atoms. The van der Waals surface area contributed by atoms with Crippen molar-refractivity contribution in [1.82, 2.24) is 4.98 Å². The van der Waals surface area contributed by atoms with Crippen molar-refractivity contribution >= 4 is 21.9 Å². The van der Waals surface area contributed by atoms with Gasteiger partial charge in [-0.1, -0.05) is 76.6 Å². The molecule has 4 rings (SSSR count). The standard InChI is InChI=1S/C28H20BrFN2O3/c1-2-34-28(33)26(19-8-4-3-5-9-19)35-27-23(17-31)22(18-12-14-20(30)15-13-18)16-25(32-27)21-10-6-7-11-24(21)29/h3-16,26H,2H2,1H3. The molecule has 5 nitrogen and oxygen atoms in total. The molecule has 1 heterocycles. The summed E-state index contributed by atoms with van der Waals surface area (Å²) >= 11 is 3.55. The summed E-state index contributed by atoms with van der Waals surface area (Å²) in [5.41, 5.74) is 3.07. The van der Waals surface area contributed by atoms with Crippen LogP contribution in [0.25, 0.3) is 22.4 Å². The lowest BCUT2D eigenvalue weighted by Gasteiger charge is -2.20. The molecule has 1 unspecified atom stereocenters. The summed E-state index contributed by atoms with van der Waals surface area (Å²) in [7, 11) is 0. The van der Waals surface area contributed by atoms with Crippen LogP contribution in [0.2, 0.25) is 0 Å². The van der Waals surface area contributed by atoms with Crippen LogP contribution in [0.4, 0.5) is 4.39 Å². The number of hydrogen-bond donors (Lipinski definition) is 0. The van der Waals surface area contributed by atoms with E-state index in [1.165, 1.54) is 12.1 Å². The molecular weight excluding hydrogens is 511 g/mol. The highest BCUT2D eigenvalue weighted by molar-refractivity contribution is 9.10. The highest BCUT2D eigenvalue weighted by Crippen LogP contribution is 2.37. The van der Waals surface area contributed by atoms with Crippen molar-refractivity contribution in [1.29, 1.82) is 5.26 Å². The van der Waals surface area contributed by atoms with Crippen molar-refractivity contribution in [3.8, 4) is 34.3 Å². The molecule has 0 aliphatic rings. The number of nitrogens with zero attached hydrogens (tertiary/aromatic N) is 2. The number of ether oxygens (including phenoxy) is 2. The minimum absolute atomic E-state index is 0.0259. The molecular formula is C28H20BrFN2O3. The Labute approximate surface area is 210 Å². The summed E-state index contributed by atoms with van der Waals surface area (Å²) < 4.78 is 25.8. The molecule has 0 spiro atoms. The minimum Gasteiger partial charge on any atom is -0.463 e. The monoisotopic (exact) mass is 530 g/mol. The summed E-state index contributed by atoms with van der Waals surface area (Å²) in [6.45, 7) is 1.88. The van der Waals surface area contributed by atoms with Gasteiger partial charge in [-0.2, -0.15) is 5.26 Å². The van der Waals surface area contributed by atoms with E-state index in [0.717, 1.165) is 10.0 Å². The SMILES string of the molecule is CCOC(=O)C(Oc1nc(-c2ccccc2Br)cc(-c2ccc(F)cc2)c1C#N)c1ccccc1. The van der Waals surface area contributed by atoms with E-state index < -0.39 is 17.9 Å². The smallest absolute Gasteiger partial charge is 0.352 e. The Balaban J connectivity index is 1.92. The van der Waals surface area contributed by atoms with E-state index in [2.05, 4.69) is 27.0 Å². The Hall–Kier alpha value is -4.02. The van der Waals surface area contributed by atoms with Gasteiger partial charge in [0.15, 0.2) is 0 Å². The molecule has 0 saturated carbocycles. The topological polar surface area (TPSA) is 72.2 Å². The fourth-order valence-corrected chi connectivity index (χ4v) is 4.08. The van der Waals surface area contributed by atoms with Crippen LogP contribution in [0.15, 0.2) is 89.4 Å². The van der Waals surface area contributed by atoms with Crippen molar-refractivity contribution in [3.05, 3.63) is 106 Å². The third kappa shape index (κ3) is 5.39. The number of nitriles is 1. The molecule has 7 heteroatoms. The van der Waals surface area contributed by atoms with Crippen LogP contribution in [-0.2, 0) is 9.53 Å². The third-order valence-electron chi connectivity index (χ3n) is 5.24. The lowest BCUT2D eigenvalue weighted by molar-refractivity contribution is -0.151. The third-order valence-corrected chi connectivity index (χ3v) is 5.93. The Morgan fingerprint density at radius 2 is 1.71 bits per heavy atom. The van der Waals surface area contributed by atoms with E-state index in [-0.39, 0.29) is 18.1 Å². The number of aromatic nitrogens is 1. The maximum Gasteiger partial charge on any atom is 0.352 e. The van der Waals surface area contributed by atoms with E-state index in [9.17, 15) is 14.4 Å². The minimum atomic E-state index is -1.13. The highest BCUT2D eigenvalue weighted by Gasteiger charge is 2.27. The summed E-state index contributed by atoms with van der Waals surface area (Å²) in [4.78, 5) is 17.5. The molecule has 0 aliphatic heterocycles. The van der Waals surface area contributed by atoms with Crippen molar-refractivity contribution < 1.29 is 18.7 Å². The number of pyridine rings is 1. The van der Waals surface area contributed by atoms with E-state index >= 15 is 0 Å². The second kappa shape index (κ2) is 10.9. The van der Waals surface area contributed by atoms with Gasteiger partial charge in [-0.15, -0.1) is 0 Å². The first kappa shape index (κ1) is 24.1. The van der Waals surface area contributed by atoms with Gasteiger partial charge in [0.25, 0.3) is 0 Å². The highest BCUT2D eigenvalue weighted by atomic mass is 79.9. The maximum atomic E-state index is 13.6. The van der Waals surface area contributed by atoms with Gasteiger partial charge in [-0.25, -0.2) is 14.2 Å². The maximum absolute atomic E-state index is 13.6. The Morgan fingerprint density at radius 1 is 1.03 bits per heavy atom. The van der Waals surface area contributed by atoms with E-state index in [1.807, 2.05) is 30.3 Å². The van der Waals surface area contributed by atoms with Crippen LogP contribution in [0.3, 0.4) is 0 Å². The molecule has 0 saturated heterocycles. The number of hydrogen-bond acceptors (Lipinski definition) is 5. The average molecular weight is 531 g/mol. The predicted molar refractivity (Wildman–Crippen MR) is 134 cm³/mol. The van der Waals surface area contributed by atoms with Crippen LogP contribution < -0.4 is 4.74 Å². The molecule has 4 aromatic rings. The zero-order valence-electron chi connectivity index (χ0n) is 18.7. The largest absolute Gasteiger partial charge is 0.463 e. The van der Waals surface area contributed by atoms with Gasteiger partial charge in [0.2, 0.25) is 12.0 Å². The van der Waals surface area contributed by atoms with Gasteiger partial charge in [0.1, 0.15) is 17.4 Å². The van der Waals surface area contributed by atoms with Gasteiger partial charge < -0.3 is 9.47 Å². The van der Waals surface area contributed by atoms with Crippen LogP contribution in [0, 0.1) is 17.1 Å². The number of halogens is 2. The van der Waals surface area contributed by atoms with Gasteiger partial charge >= 0.3 is 5.97 Å². The lowest BCUT2D eigenvalue weighted by Crippen LogP contribution is -2.22. The van der Waals surface area contributed by atoms with Crippen LogP contribution in [-0.4, -0.2) is 17.6 Å². The summed E-state index contributed by atoms with van der Waals surface area (Å²) in [6, 6.07) is 26.1. The van der Waals surface area contributed by atoms with Crippen molar-refractivity contribution in [2.24, 2.45) is 0 Å². The fourth-order valence-electron chi connectivity index (χ4n) is 3.59. The predicted octanol–water partition coefficient (Wildman–Crippen LogP) is 6.87. The van der Waals surface area contributed by atoms with Crippen LogP contribution in [0.1, 0.15) is 24.2 Å². The quantitative estimate of drug-likeness (QED) is 0.244. The number of benzene rings is 3. The van der Waals surface area contributed by atoms with Crippen LogP contribution in [0.5, 0.6) is 5.88 Å². The van der Waals surface area contributed by atoms with E-state index in [1.54, 1.807) is 49.4 Å². The first-order valence-corrected chi connectivity index (χ1v) is 11.6. The number of carbonyl (C=O) groups is 1. The van der Waals surface area contributed by atoms with Crippen molar-refractivity contribution in [3.63, 3.8) is 0 Å². The first-order valence-electron chi connectivity index (χ1n) is 10.9. The Kier molecular flexibility index (Phi) is 7.54. The fraction of sp³-hybridized carbons (Fsp3) is 0.107.